The Labute approximate surface area is 116 Å². The maximum atomic E-state index is 12.2. The molecule has 0 bridgehead atoms. The lowest BCUT2D eigenvalue weighted by Crippen LogP contribution is -2.36. The molecule has 2 N–H and O–H groups in total. The number of nitrogens with one attached hydrogen (secondary N) is 1. The van der Waals surface area contributed by atoms with E-state index < -0.39 is 17.8 Å². The van der Waals surface area contributed by atoms with Gasteiger partial charge in [-0.2, -0.15) is 11.3 Å². The molecule has 19 heavy (non-hydrogen) atoms. The van der Waals surface area contributed by atoms with E-state index in [9.17, 15) is 14.7 Å². The lowest BCUT2D eigenvalue weighted by atomic mass is 9.95. The number of carbonyl (C=O) groups is 2. The van der Waals surface area contributed by atoms with E-state index in [1.807, 2.05) is 30.7 Å². The van der Waals surface area contributed by atoms with Crippen molar-refractivity contribution in [3.8, 4) is 0 Å². The minimum Gasteiger partial charge on any atom is -0.481 e. The molecule has 1 aliphatic carbocycles. The molecule has 1 aliphatic rings. The molecule has 1 fully saturated rings. The molecule has 104 valence electrons. The van der Waals surface area contributed by atoms with E-state index >= 15 is 0 Å². The Morgan fingerprint density at radius 1 is 1.42 bits per heavy atom. The summed E-state index contributed by atoms with van der Waals surface area (Å²) in [7, 11) is 0. The number of hydrogen-bond acceptors (Lipinski definition) is 3. The minimum atomic E-state index is -0.854. The zero-order valence-electron chi connectivity index (χ0n) is 11.1. The van der Waals surface area contributed by atoms with Crippen LogP contribution in [0.4, 0.5) is 0 Å². The first-order chi connectivity index (χ1) is 8.99. The fourth-order valence-electron chi connectivity index (χ4n) is 2.78. The van der Waals surface area contributed by atoms with Crippen molar-refractivity contribution in [3.63, 3.8) is 0 Å². The smallest absolute Gasteiger partial charge is 0.307 e. The van der Waals surface area contributed by atoms with E-state index in [2.05, 4.69) is 5.32 Å². The largest absolute Gasteiger partial charge is 0.481 e. The van der Waals surface area contributed by atoms with Crippen LogP contribution in [-0.4, -0.2) is 17.0 Å². The first-order valence-corrected chi connectivity index (χ1v) is 7.48. The van der Waals surface area contributed by atoms with Crippen molar-refractivity contribution in [2.45, 2.75) is 32.7 Å². The number of carbonyl (C=O) groups excluding carboxylic acids is 1. The second kappa shape index (κ2) is 5.74. The molecule has 1 amide bonds. The summed E-state index contributed by atoms with van der Waals surface area (Å²) in [5.74, 6) is -1.62. The standard InChI is InChI=1S/C14H19NO3S/c1-8-5-11(12(6-8)14(17)18)13(16)15-9(2)10-3-4-19-7-10/h3-4,7-9,11-12H,5-6H2,1-2H3,(H,15,16)(H,17,18). The Hall–Kier alpha value is -1.36. The van der Waals surface area contributed by atoms with Crippen molar-refractivity contribution < 1.29 is 14.7 Å². The monoisotopic (exact) mass is 281 g/mol. The van der Waals surface area contributed by atoms with Crippen LogP contribution >= 0.6 is 11.3 Å². The highest BCUT2D eigenvalue weighted by Crippen LogP contribution is 2.36. The van der Waals surface area contributed by atoms with Gasteiger partial charge in [0.05, 0.1) is 17.9 Å². The summed E-state index contributed by atoms with van der Waals surface area (Å²) in [6.07, 6.45) is 1.26. The predicted molar refractivity (Wildman–Crippen MR) is 73.9 cm³/mol. The molecule has 1 heterocycles. The number of carboxylic acid groups (broad SMARTS) is 1. The topological polar surface area (TPSA) is 66.4 Å². The Morgan fingerprint density at radius 2 is 2.11 bits per heavy atom. The Kier molecular flexibility index (Phi) is 4.24. The summed E-state index contributed by atoms with van der Waals surface area (Å²) >= 11 is 1.59. The molecule has 5 heteroatoms. The summed E-state index contributed by atoms with van der Waals surface area (Å²) < 4.78 is 0. The first-order valence-electron chi connectivity index (χ1n) is 6.54. The van der Waals surface area contributed by atoms with Crippen LogP contribution in [0.1, 0.15) is 38.3 Å². The van der Waals surface area contributed by atoms with Crippen molar-refractivity contribution in [2.75, 3.05) is 0 Å². The number of thiophene rings is 1. The van der Waals surface area contributed by atoms with Gasteiger partial charge in [-0.25, -0.2) is 0 Å². The molecule has 0 aliphatic heterocycles. The maximum absolute atomic E-state index is 12.2. The van der Waals surface area contributed by atoms with Crippen LogP contribution in [0.5, 0.6) is 0 Å². The highest BCUT2D eigenvalue weighted by molar-refractivity contribution is 7.07. The van der Waals surface area contributed by atoms with E-state index in [4.69, 9.17) is 0 Å². The molecule has 4 unspecified atom stereocenters. The summed E-state index contributed by atoms with van der Waals surface area (Å²) in [4.78, 5) is 23.4. The van der Waals surface area contributed by atoms with Crippen LogP contribution in [0.2, 0.25) is 0 Å². The molecule has 0 radical (unpaired) electrons. The van der Waals surface area contributed by atoms with Gasteiger partial charge in [-0.15, -0.1) is 0 Å². The van der Waals surface area contributed by atoms with Gasteiger partial charge in [0.1, 0.15) is 0 Å². The van der Waals surface area contributed by atoms with E-state index in [1.165, 1.54) is 0 Å². The number of carboxylic acids is 1. The van der Waals surface area contributed by atoms with E-state index in [1.54, 1.807) is 11.3 Å². The van der Waals surface area contributed by atoms with E-state index in [0.717, 1.165) is 5.56 Å². The van der Waals surface area contributed by atoms with Gasteiger partial charge in [0.15, 0.2) is 0 Å². The van der Waals surface area contributed by atoms with Gasteiger partial charge in [0.2, 0.25) is 5.91 Å². The fourth-order valence-corrected chi connectivity index (χ4v) is 3.53. The molecular weight excluding hydrogens is 262 g/mol. The summed E-state index contributed by atoms with van der Waals surface area (Å²) in [5.41, 5.74) is 1.07. The highest BCUT2D eigenvalue weighted by Gasteiger charge is 2.41. The Morgan fingerprint density at radius 3 is 2.68 bits per heavy atom. The highest BCUT2D eigenvalue weighted by atomic mass is 32.1. The molecule has 0 aromatic carbocycles. The van der Waals surface area contributed by atoms with Gasteiger partial charge in [-0.05, 0) is 48.1 Å². The SMILES string of the molecule is CC1CC(C(=O)O)C(C(=O)NC(C)c2ccsc2)C1. The molecule has 0 spiro atoms. The summed E-state index contributed by atoms with van der Waals surface area (Å²) in [6, 6.07) is 1.91. The van der Waals surface area contributed by atoms with E-state index in [0.29, 0.717) is 18.8 Å². The third kappa shape index (κ3) is 3.15. The Balaban J connectivity index is 2.01. The third-order valence-electron chi connectivity index (χ3n) is 3.85. The van der Waals surface area contributed by atoms with Crippen molar-refractivity contribution >= 4 is 23.2 Å². The second-order valence-electron chi connectivity index (χ2n) is 5.41. The van der Waals surface area contributed by atoms with Crippen LogP contribution in [0.25, 0.3) is 0 Å². The minimum absolute atomic E-state index is 0.0656. The molecule has 2 rings (SSSR count). The maximum Gasteiger partial charge on any atom is 0.307 e. The zero-order chi connectivity index (χ0) is 14.0. The average Bonchev–Trinajstić information content (AvgIpc) is 2.96. The van der Waals surface area contributed by atoms with Crippen LogP contribution in [-0.2, 0) is 9.59 Å². The normalized spacial score (nSPS) is 28.0. The van der Waals surface area contributed by atoms with E-state index in [-0.39, 0.29) is 11.9 Å². The molecule has 4 nitrogen and oxygen atoms in total. The molecule has 1 aromatic heterocycles. The van der Waals surface area contributed by atoms with Crippen molar-refractivity contribution in [1.82, 2.24) is 5.32 Å². The zero-order valence-corrected chi connectivity index (χ0v) is 11.9. The van der Waals surface area contributed by atoms with Crippen LogP contribution in [0, 0.1) is 17.8 Å². The number of aliphatic carboxylic acids is 1. The molecule has 1 saturated carbocycles. The first kappa shape index (κ1) is 14.1. The van der Waals surface area contributed by atoms with Gasteiger partial charge < -0.3 is 10.4 Å². The number of hydrogen-bond donors (Lipinski definition) is 2. The van der Waals surface area contributed by atoms with Gasteiger partial charge in [-0.1, -0.05) is 6.92 Å². The molecule has 0 saturated heterocycles. The van der Waals surface area contributed by atoms with Crippen molar-refractivity contribution in [2.24, 2.45) is 17.8 Å². The van der Waals surface area contributed by atoms with Gasteiger partial charge >= 0.3 is 5.97 Å². The van der Waals surface area contributed by atoms with Crippen LogP contribution < -0.4 is 5.32 Å². The second-order valence-corrected chi connectivity index (χ2v) is 6.19. The average molecular weight is 281 g/mol. The van der Waals surface area contributed by atoms with Gasteiger partial charge in [0, 0.05) is 0 Å². The lowest BCUT2D eigenvalue weighted by molar-refractivity contribution is -0.146. The molecule has 1 aromatic rings. The summed E-state index contributed by atoms with van der Waals surface area (Å²) in [5, 5.41) is 16.1. The lowest BCUT2D eigenvalue weighted by Gasteiger charge is -2.19. The molecule has 4 atom stereocenters. The van der Waals surface area contributed by atoms with Crippen molar-refractivity contribution in [1.29, 1.82) is 0 Å². The van der Waals surface area contributed by atoms with Crippen LogP contribution in [0.3, 0.4) is 0 Å². The van der Waals surface area contributed by atoms with Crippen LogP contribution in [0.15, 0.2) is 16.8 Å². The number of rotatable bonds is 4. The third-order valence-corrected chi connectivity index (χ3v) is 4.56. The number of amides is 1. The van der Waals surface area contributed by atoms with Gasteiger partial charge in [0.25, 0.3) is 0 Å². The summed E-state index contributed by atoms with van der Waals surface area (Å²) in [6.45, 7) is 3.93. The fraction of sp³-hybridized carbons (Fsp3) is 0.571. The Bertz CT molecular complexity index is 457. The quantitative estimate of drug-likeness (QED) is 0.891. The molecular formula is C14H19NO3S. The van der Waals surface area contributed by atoms with Gasteiger partial charge in [-0.3, -0.25) is 9.59 Å². The van der Waals surface area contributed by atoms with Crippen molar-refractivity contribution in [3.05, 3.63) is 22.4 Å². The predicted octanol–water partition coefficient (Wildman–Crippen LogP) is 2.67.